The predicted octanol–water partition coefficient (Wildman–Crippen LogP) is 6.42. The number of anilines is 1. The van der Waals surface area contributed by atoms with E-state index in [1.165, 1.54) is 11.8 Å². The Morgan fingerprint density at radius 3 is 2.47 bits per heavy atom. The molecule has 3 aromatic carbocycles. The van der Waals surface area contributed by atoms with E-state index in [-0.39, 0.29) is 18.3 Å². The molecule has 0 unspecified atom stereocenters. The number of carbonyl (C=O) groups is 2. The van der Waals surface area contributed by atoms with Gasteiger partial charge in [0, 0.05) is 10.7 Å². The third-order valence-corrected chi connectivity index (χ3v) is 7.13. The fourth-order valence-corrected chi connectivity index (χ4v) is 5.17. The third-order valence-electron chi connectivity index (χ3n) is 5.86. The molecule has 1 atom stereocenters. The van der Waals surface area contributed by atoms with Crippen LogP contribution in [0, 0.1) is 18.3 Å². The number of carbonyl (C=O) groups excluding carboxylic acids is 2. The fourth-order valence-electron chi connectivity index (χ4n) is 4.20. The first kappa shape index (κ1) is 27.1. The van der Waals surface area contributed by atoms with Crippen molar-refractivity contribution in [2.75, 3.05) is 17.7 Å². The zero-order valence-corrected chi connectivity index (χ0v) is 22.5. The van der Waals surface area contributed by atoms with Gasteiger partial charge in [0.1, 0.15) is 0 Å². The normalized spacial score (nSPS) is 14.9. The molecule has 3 aromatic rings. The summed E-state index contributed by atoms with van der Waals surface area (Å²) < 4.78 is 5.45. The van der Waals surface area contributed by atoms with Gasteiger partial charge in [0.25, 0.3) is 0 Å². The van der Waals surface area contributed by atoms with E-state index in [1.54, 1.807) is 31.2 Å². The number of nitriles is 1. The molecule has 0 aliphatic carbocycles. The summed E-state index contributed by atoms with van der Waals surface area (Å²) in [6.45, 7) is 3.88. The minimum Gasteiger partial charge on any atom is -0.463 e. The number of rotatable bonds is 8. The molecule has 192 valence electrons. The van der Waals surface area contributed by atoms with Gasteiger partial charge in [-0.3, -0.25) is 4.79 Å². The van der Waals surface area contributed by atoms with Gasteiger partial charge in [-0.2, -0.15) is 5.26 Å². The predicted molar refractivity (Wildman–Crippen MR) is 152 cm³/mol. The van der Waals surface area contributed by atoms with Crippen molar-refractivity contribution >= 4 is 46.6 Å². The molecule has 1 heterocycles. The van der Waals surface area contributed by atoms with Crippen molar-refractivity contribution in [1.82, 2.24) is 5.32 Å². The number of esters is 1. The lowest BCUT2D eigenvalue weighted by Gasteiger charge is -2.30. The highest BCUT2D eigenvalue weighted by Crippen LogP contribution is 2.43. The Morgan fingerprint density at radius 1 is 1.08 bits per heavy atom. The number of benzene rings is 3. The molecule has 1 aliphatic rings. The van der Waals surface area contributed by atoms with Gasteiger partial charge >= 0.3 is 5.97 Å². The smallest absolute Gasteiger partial charge is 0.337 e. The van der Waals surface area contributed by atoms with Crippen LogP contribution in [-0.2, 0) is 14.3 Å². The topological polar surface area (TPSA) is 91.2 Å². The highest BCUT2D eigenvalue weighted by molar-refractivity contribution is 8.03. The molecule has 0 saturated heterocycles. The second-order valence-corrected chi connectivity index (χ2v) is 9.97. The van der Waals surface area contributed by atoms with Crippen LogP contribution in [-0.4, -0.2) is 24.2 Å². The van der Waals surface area contributed by atoms with Crippen molar-refractivity contribution in [3.63, 3.8) is 0 Å². The highest BCUT2D eigenvalue weighted by atomic mass is 35.5. The molecule has 0 radical (unpaired) electrons. The molecule has 6 nitrogen and oxygen atoms in total. The summed E-state index contributed by atoms with van der Waals surface area (Å²) in [4.78, 5) is 26.1. The van der Waals surface area contributed by atoms with Crippen molar-refractivity contribution in [2.24, 2.45) is 0 Å². The fraction of sp³-hybridized carbons (Fsp3) is 0.167. The Hall–Kier alpha value is -3.99. The first-order chi connectivity index (χ1) is 18.4. The molecule has 0 saturated carbocycles. The van der Waals surface area contributed by atoms with Crippen molar-refractivity contribution in [3.05, 3.63) is 117 Å². The van der Waals surface area contributed by atoms with Gasteiger partial charge in [-0.15, -0.1) is 0 Å². The lowest BCUT2D eigenvalue weighted by atomic mass is 9.81. The van der Waals surface area contributed by atoms with Crippen LogP contribution in [0.5, 0.6) is 0 Å². The van der Waals surface area contributed by atoms with Gasteiger partial charge in [-0.05, 0) is 54.8 Å². The summed E-state index contributed by atoms with van der Waals surface area (Å²) in [5.41, 5.74) is 4.39. The average Bonchev–Trinajstić information content (AvgIpc) is 2.92. The van der Waals surface area contributed by atoms with E-state index in [2.05, 4.69) is 16.7 Å². The van der Waals surface area contributed by atoms with Gasteiger partial charge < -0.3 is 15.4 Å². The van der Waals surface area contributed by atoms with Gasteiger partial charge in [0.05, 0.1) is 46.2 Å². The number of halogens is 1. The van der Waals surface area contributed by atoms with E-state index in [1.807, 2.05) is 61.5 Å². The molecule has 38 heavy (non-hydrogen) atoms. The van der Waals surface area contributed by atoms with Crippen LogP contribution in [0.3, 0.4) is 0 Å². The Morgan fingerprint density at radius 2 is 1.82 bits per heavy atom. The van der Waals surface area contributed by atoms with Gasteiger partial charge in [-0.25, -0.2) is 4.79 Å². The largest absolute Gasteiger partial charge is 0.463 e. The highest BCUT2D eigenvalue weighted by Gasteiger charge is 2.37. The average molecular weight is 544 g/mol. The molecule has 1 aliphatic heterocycles. The number of nitrogens with one attached hydrogen (secondary N) is 2. The van der Waals surface area contributed by atoms with Crippen LogP contribution in [0.25, 0.3) is 5.70 Å². The number of ether oxygens (including phenoxy) is 1. The maximum Gasteiger partial charge on any atom is 0.337 e. The summed E-state index contributed by atoms with van der Waals surface area (Å²) in [6, 6.07) is 26.3. The zero-order valence-electron chi connectivity index (χ0n) is 21.0. The van der Waals surface area contributed by atoms with Crippen molar-refractivity contribution < 1.29 is 14.3 Å². The Kier molecular flexibility index (Phi) is 8.90. The van der Waals surface area contributed by atoms with Crippen molar-refractivity contribution in [3.8, 4) is 6.07 Å². The van der Waals surface area contributed by atoms with E-state index < -0.39 is 11.9 Å². The molecular weight excluding hydrogens is 518 g/mol. The van der Waals surface area contributed by atoms with E-state index >= 15 is 0 Å². The SMILES string of the molecule is CCOC(=O)C1=C(c2ccccc2)NC(SCC(=O)Nc2cccc(C)c2)=C(C#N)[C@H]1c1ccc(Cl)cc1. The number of amides is 1. The number of hydrogen-bond donors (Lipinski definition) is 2. The molecule has 0 spiro atoms. The first-order valence-electron chi connectivity index (χ1n) is 12.0. The van der Waals surface area contributed by atoms with Crippen LogP contribution in [0.15, 0.2) is 95.0 Å². The minimum atomic E-state index is -0.713. The van der Waals surface area contributed by atoms with Gasteiger partial charge in [0.2, 0.25) is 5.91 Å². The number of hydrogen-bond acceptors (Lipinski definition) is 6. The second-order valence-electron chi connectivity index (χ2n) is 8.55. The number of allylic oxidation sites excluding steroid dienone is 1. The van der Waals surface area contributed by atoms with Crippen LogP contribution in [0.1, 0.15) is 29.5 Å². The molecule has 8 heteroatoms. The quantitative estimate of drug-likeness (QED) is 0.319. The van der Waals surface area contributed by atoms with Crippen LogP contribution >= 0.6 is 23.4 Å². The lowest BCUT2D eigenvalue weighted by molar-refractivity contribution is -0.138. The summed E-state index contributed by atoms with van der Waals surface area (Å²) in [5.74, 6) is -1.38. The van der Waals surface area contributed by atoms with Crippen molar-refractivity contribution in [1.29, 1.82) is 5.26 Å². The molecule has 4 rings (SSSR count). The summed E-state index contributed by atoms with van der Waals surface area (Å²) in [6.07, 6.45) is 0. The number of nitrogens with zero attached hydrogens (tertiary/aromatic N) is 1. The number of dihydropyridines is 1. The lowest BCUT2D eigenvalue weighted by Crippen LogP contribution is -2.29. The van der Waals surface area contributed by atoms with Crippen molar-refractivity contribution in [2.45, 2.75) is 19.8 Å². The maximum atomic E-state index is 13.3. The summed E-state index contributed by atoms with van der Waals surface area (Å²) in [5, 5.41) is 17.5. The Bertz CT molecular complexity index is 1440. The Labute approximate surface area is 231 Å². The van der Waals surface area contributed by atoms with Gasteiger partial charge in [-0.1, -0.05) is 78.0 Å². The van der Waals surface area contributed by atoms with E-state index in [9.17, 15) is 14.9 Å². The second kappa shape index (κ2) is 12.5. The van der Waals surface area contributed by atoms with E-state index in [0.29, 0.717) is 38.1 Å². The molecule has 1 amide bonds. The monoisotopic (exact) mass is 543 g/mol. The minimum absolute atomic E-state index is 0.0611. The molecule has 0 bridgehead atoms. The number of thioether (sulfide) groups is 1. The van der Waals surface area contributed by atoms with Gasteiger partial charge in [0.15, 0.2) is 0 Å². The summed E-state index contributed by atoms with van der Waals surface area (Å²) >= 11 is 7.35. The van der Waals surface area contributed by atoms with Crippen LogP contribution < -0.4 is 10.6 Å². The zero-order chi connectivity index (χ0) is 27.1. The Balaban J connectivity index is 1.75. The van der Waals surface area contributed by atoms with Crippen LogP contribution in [0.4, 0.5) is 5.69 Å². The molecule has 2 N–H and O–H groups in total. The number of aryl methyl sites for hydroxylation is 1. The molecule has 0 fully saturated rings. The maximum absolute atomic E-state index is 13.3. The summed E-state index contributed by atoms with van der Waals surface area (Å²) in [7, 11) is 0. The van der Waals surface area contributed by atoms with E-state index in [0.717, 1.165) is 11.1 Å². The standard InChI is InChI=1S/C30H26ClN3O3S/c1-3-37-30(36)27-26(20-12-14-22(31)15-13-20)24(17-32)29(34-28(27)21-9-5-4-6-10-21)38-18-25(35)33-23-11-7-8-19(2)16-23/h4-16,26,34H,3,18H2,1-2H3,(H,33,35)/t26-/m1/s1. The first-order valence-corrected chi connectivity index (χ1v) is 13.4. The van der Waals surface area contributed by atoms with Crippen LogP contribution in [0.2, 0.25) is 5.02 Å². The molecule has 0 aromatic heterocycles. The van der Waals surface area contributed by atoms with E-state index in [4.69, 9.17) is 16.3 Å². The third kappa shape index (κ3) is 6.28. The molecular formula is C30H26ClN3O3S.